The Kier molecular flexibility index (Phi) is 4.28. The average molecular weight is 246 g/mol. The Morgan fingerprint density at radius 3 is 2.22 bits per heavy atom. The van der Waals surface area contributed by atoms with Crippen LogP contribution < -0.4 is 5.32 Å². The van der Waals surface area contributed by atoms with Crippen LogP contribution in [-0.2, 0) is 6.42 Å². The third kappa shape index (κ3) is 4.34. The highest BCUT2D eigenvalue weighted by atomic mass is 15.1. The Morgan fingerprint density at radius 2 is 1.67 bits per heavy atom. The fourth-order valence-electron chi connectivity index (χ4n) is 2.48. The molecule has 1 N–H and O–H groups in total. The van der Waals surface area contributed by atoms with Crippen LogP contribution >= 0.6 is 0 Å². The first kappa shape index (κ1) is 13.4. The standard InChI is InChI=1S/C16H26N2/c1-16(2,3)17-15-8-6-14(7-9-15)10-13-18-11-4-5-12-18/h6-9,17H,4-5,10-13H2,1-3H3. The second-order valence-corrected chi connectivity index (χ2v) is 6.37. The quantitative estimate of drug-likeness (QED) is 0.874. The molecule has 0 aliphatic carbocycles. The van der Waals surface area contributed by atoms with Crippen molar-refractivity contribution in [1.82, 2.24) is 4.90 Å². The highest BCUT2D eigenvalue weighted by Crippen LogP contribution is 2.16. The van der Waals surface area contributed by atoms with Gasteiger partial charge in [0.2, 0.25) is 0 Å². The van der Waals surface area contributed by atoms with Gasteiger partial charge in [-0.1, -0.05) is 12.1 Å². The molecule has 0 bridgehead atoms. The lowest BCUT2D eigenvalue weighted by molar-refractivity contribution is 0.343. The normalized spacial score (nSPS) is 17.1. The molecule has 0 unspecified atom stereocenters. The number of nitrogens with zero attached hydrogens (tertiary/aromatic N) is 1. The van der Waals surface area contributed by atoms with Crippen molar-refractivity contribution < 1.29 is 0 Å². The monoisotopic (exact) mass is 246 g/mol. The molecule has 0 saturated carbocycles. The van der Waals surface area contributed by atoms with Crippen molar-refractivity contribution in [1.29, 1.82) is 0 Å². The molecule has 1 aromatic rings. The van der Waals surface area contributed by atoms with Gasteiger partial charge in [0.15, 0.2) is 0 Å². The van der Waals surface area contributed by atoms with Crippen molar-refractivity contribution in [3.8, 4) is 0 Å². The molecule has 1 fully saturated rings. The predicted octanol–water partition coefficient (Wildman–Crippen LogP) is 3.54. The van der Waals surface area contributed by atoms with Crippen molar-refractivity contribution in [2.45, 2.75) is 45.6 Å². The molecule has 0 amide bonds. The molecule has 2 nitrogen and oxygen atoms in total. The van der Waals surface area contributed by atoms with Gasteiger partial charge in [-0.05, 0) is 70.8 Å². The summed E-state index contributed by atoms with van der Waals surface area (Å²) in [4.78, 5) is 2.57. The zero-order valence-corrected chi connectivity index (χ0v) is 12.0. The maximum Gasteiger partial charge on any atom is 0.0344 e. The van der Waals surface area contributed by atoms with Crippen molar-refractivity contribution in [2.75, 3.05) is 25.0 Å². The van der Waals surface area contributed by atoms with E-state index in [4.69, 9.17) is 0 Å². The van der Waals surface area contributed by atoms with E-state index in [1.54, 1.807) is 0 Å². The molecule has 1 heterocycles. The first-order chi connectivity index (χ1) is 8.53. The summed E-state index contributed by atoms with van der Waals surface area (Å²) in [6.07, 6.45) is 3.94. The average Bonchev–Trinajstić information content (AvgIpc) is 2.79. The highest BCUT2D eigenvalue weighted by molar-refractivity contribution is 5.46. The van der Waals surface area contributed by atoms with Gasteiger partial charge in [-0.15, -0.1) is 0 Å². The van der Waals surface area contributed by atoms with E-state index in [2.05, 4.69) is 55.3 Å². The van der Waals surface area contributed by atoms with E-state index in [0.29, 0.717) is 0 Å². The molecule has 18 heavy (non-hydrogen) atoms. The topological polar surface area (TPSA) is 15.3 Å². The van der Waals surface area contributed by atoms with E-state index < -0.39 is 0 Å². The molecule has 2 rings (SSSR count). The molecule has 1 aliphatic rings. The number of nitrogens with one attached hydrogen (secondary N) is 1. The molecule has 0 radical (unpaired) electrons. The van der Waals surface area contributed by atoms with Gasteiger partial charge in [-0.25, -0.2) is 0 Å². The van der Waals surface area contributed by atoms with Gasteiger partial charge in [0.25, 0.3) is 0 Å². The maximum atomic E-state index is 3.50. The second-order valence-electron chi connectivity index (χ2n) is 6.37. The van der Waals surface area contributed by atoms with Gasteiger partial charge in [-0.2, -0.15) is 0 Å². The Labute approximate surface area is 111 Å². The lowest BCUT2D eigenvalue weighted by Gasteiger charge is -2.22. The van der Waals surface area contributed by atoms with Gasteiger partial charge in [0.1, 0.15) is 0 Å². The first-order valence-corrected chi connectivity index (χ1v) is 7.12. The first-order valence-electron chi connectivity index (χ1n) is 7.12. The van der Waals surface area contributed by atoms with Gasteiger partial charge < -0.3 is 10.2 Å². The molecular weight excluding hydrogens is 220 g/mol. The summed E-state index contributed by atoms with van der Waals surface area (Å²) >= 11 is 0. The van der Waals surface area contributed by atoms with Crippen LogP contribution in [0.15, 0.2) is 24.3 Å². The number of hydrogen-bond donors (Lipinski definition) is 1. The molecule has 0 aromatic heterocycles. The number of benzene rings is 1. The van der Waals surface area contributed by atoms with Crippen LogP contribution in [0, 0.1) is 0 Å². The van der Waals surface area contributed by atoms with Crippen LogP contribution in [-0.4, -0.2) is 30.1 Å². The van der Waals surface area contributed by atoms with E-state index >= 15 is 0 Å². The second kappa shape index (κ2) is 5.75. The SMILES string of the molecule is CC(C)(C)Nc1ccc(CCN2CCCC2)cc1. The van der Waals surface area contributed by atoms with Crippen molar-refractivity contribution in [3.05, 3.63) is 29.8 Å². The van der Waals surface area contributed by atoms with E-state index in [1.165, 1.54) is 50.1 Å². The minimum Gasteiger partial charge on any atom is -0.380 e. The number of hydrogen-bond acceptors (Lipinski definition) is 2. The van der Waals surface area contributed by atoms with E-state index in [9.17, 15) is 0 Å². The minimum atomic E-state index is 0.136. The minimum absolute atomic E-state index is 0.136. The summed E-state index contributed by atoms with van der Waals surface area (Å²) in [5.41, 5.74) is 2.80. The summed E-state index contributed by atoms with van der Waals surface area (Å²) in [5, 5.41) is 3.50. The summed E-state index contributed by atoms with van der Waals surface area (Å²) in [5.74, 6) is 0. The predicted molar refractivity (Wildman–Crippen MR) is 79.2 cm³/mol. The van der Waals surface area contributed by atoms with Crippen LogP contribution in [0.1, 0.15) is 39.2 Å². The van der Waals surface area contributed by atoms with Gasteiger partial charge in [-0.3, -0.25) is 0 Å². The van der Waals surface area contributed by atoms with Crippen molar-refractivity contribution in [3.63, 3.8) is 0 Å². The van der Waals surface area contributed by atoms with Gasteiger partial charge in [0.05, 0.1) is 0 Å². The van der Waals surface area contributed by atoms with Crippen LogP contribution in [0.4, 0.5) is 5.69 Å². The molecule has 1 aliphatic heterocycles. The van der Waals surface area contributed by atoms with Gasteiger partial charge in [0, 0.05) is 17.8 Å². The third-order valence-electron chi connectivity index (χ3n) is 3.39. The zero-order chi connectivity index (χ0) is 13.0. The van der Waals surface area contributed by atoms with Crippen molar-refractivity contribution in [2.24, 2.45) is 0 Å². The van der Waals surface area contributed by atoms with E-state index in [1.807, 2.05) is 0 Å². The Balaban J connectivity index is 1.83. The molecule has 100 valence electrons. The Hall–Kier alpha value is -1.02. The lowest BCUT2D eigenvalue weighted by atomic mass is 10.1. The van der Waals surface area contributed by atoms with E-state index in [0.717, 1.165) is 0 Å². The van der Waals surface area contributed by atoms with E-state index in [-0.39, 0.29) is 5.54 Å². The smallest absolute Gasteiger partial charge is 0.0344 e. The Morgan fingerprint density at radius 1 is 1.06 bits per heavy atom. The van der Waals surface area contributed by atoms with Gasteiger partial charge >= 0.3 is 0 Å². The number of anilines is 1. The van der Waals surface area contributed by atoms with Crippen LogP contribution in [0.5, 0.6) is 0 Å². The third-order valence-corrected chi connectivity index (χ3v) is 3.39. The summed E-state index contributed by atoms with van der Waals surface area (Å²) < 4.78 is 0. The fraction of sp³-hybridized carbons (Fsp3) is 0.625. The lowest BCUT2D eigenvalue weighted by Crippen LogP contribution is -2.26. The van der Waals surface area contributed by atoms with Crippen LogP contribution in [0.25, 0.3) is 0 Å². The van der Waals surface area contributed by atoms with Crippen molar-refractivity contribution >= 4 is 5.69 Å². The highest BCUT2D eigenvalue weighted by Gasteiger charge is 2.11. The summed E-state index contributed by atoms with van der Waals surface area (Å²) in [7, 11) is 0. The molecule has 2 heteroatoms. The zero-order valence-electron chi connectivity index (χ0n) is 12.0. The fourth-order valence-corrected chi connectivity index (χ4v) is 2.48. The largest absolute Gasteiger partial charge is 0.380 e. The number of rotatable bonds is 4. The van der Waals surface area contributed by atoms with Crippen LogP contribution in [0.2, 0.25) is 0 Å². The Bertz CT molecular complexity index is 356. The molecular formula is C16H26N2. The maximum absolute atomic E-state index is 3.50. The molecule has 1 saturated heterocycles. The molecule has 0 spiro atoms. The molecule has 1 aromatic carbocycles. The summed E-state index contributed by atoms with van der Waals surface area (Å²) in [6, 6.07) is 8.91. The van der Waals surface area contributed by atoms with Crippen LogP contribution in [0.3, 0.4) is 0 Å². The number of likely N-dealkylation sites (tertiary alicyclic amines) is 1. The summed E-state index contributed by atoms with van der Waals surface area (Å²) in [6.45, 7) is 10.4. The molecule has 0 atom stereocenters.